The molecule has 1 aromatic heterocycles. The highest BCUT2D eigenvalue weighted by molar-refractivity contribution is 5.93. The van der Waals surface area contributed by atoms with Gasteiger partial charge in [0.25, 0.3) is 5.91 Å². The molecular formula is C16H21N3O2. The van der Waals surface area contributed by atoms with Gasteiger partial charge in [0.05, 0.1) is 12.1 Å². The molecule has 1 heterocycles. The highest BCUT2D eigenvalue weighted by Gasteiger charge is 2.09. The highest BCUT2D eigenvalue weighted by Crippen LogP contribution is 2.11. The zero-order valence-corrected chi connectivity index (χ0v) is 12.2. The van der Waals surface area contributed by atoms with Gasteiger partial charge in [0.15, 0.2) is 0 Å². The van der Waals surface area contributed by atoms with Gasteiger partial charge in [-0.25, -0.2) is 0 Å². The van der Waals surface area contributed by atoms with Crippen LogP contribution in [0.5, 0.6) is 0 Å². The summed E-state index contributed by atoms with van der Waals surface area (Å²) in [5, 5.41) is 2.88. The van der Waals surface area contributed by atoms with E-state index in [4.69, 9.17) is 10.2 Å². The van der Waals surface area contributed by atoms with Crippen LogP contribution in [-0.2, 0) is 6.54 Å². The summed E-state index contributed by atoms with van der Waals surface area (Å²) in [6.45, 7) is 1.80. The average Bonchev–Trinajstić information content (AvgIpc) is 3.01. The Morgan fingerprint density at radius 2 is 2.10 bits per heavy atom. The minimum atomic E-state index is -0.124. The minimum absolute atomic E-state index is 0.124. The summed E-state index contributed by atoms with van der Waals surface area (Å²) in [6.07, 6.45) is 2.31. The molecule has 1 amide bonds. The molecular weight excluding hydrogens is 266 g/mol. The van der Waals surface area contributed by atoms with Crippen molar-refractivity contribution in [3.63, 3.8) is 0 Å². The third-order valence-corrected chi connectivity index (χ3v) is 3.27. The van der Waals surface area contributed by atoms with Gasteiger partial charge in [-0.3, -0.25) is 4.79 Å². The normalized spacial score (nSPS) is 10.4. The Kier molecular flexibility index (Phi) is 5.40. The zero-order valence-electron chi connectivity index (χ0n) is 12.2. The molecule has 0 aliphatic rings. The van der Waals surface area contributed by atoms with E-state index in [1.165, 1.54) is 12.0 Å². The van der Waals surface area contributed by atoms with Crippen molar-refractivity contribution in [2.45, 2.75) is 13.0 Å². The molecule has 0 unspecified atom stereocenters. The van der Waals surface area contributed by atoms with Gasteiger partial charge in [-0.15, -0.1) is 0 Å². The first-order valence-electron chi connectivity index (χ1n) is 7.02. The van der Waals surface area contributed by atoms with Crippen molar-refractivity contribution in [2.75, 3.05) is 25.0 Å². The lowest BCUT2D eigenvalue weighted by atomic mass is 10.2. The molecule has 0 saturated heterocycles. The fourth-order valence-electron chi connectivity index (χ4n) is 2.04. The van der Waals surface area contributed by atoms with Crippen LogP contribution >= 0.6 is 0 Å². The summed E-state index contributed by atoms with van der Waals surface area (Å²) in [5.74, 6) is 0.491. The van der Waals surface area contributed by atoms with Gasteiger partial charge in [0.2, 0.25) is 0 Å². The van der Waals surface area contributed by atoms with Crippen molar-refractivity contribution in [3.8, 4) is 0 Å². The van der Waals surface area contributed by atoms with Crippen LogP contribution < -0.4 is 16.0 Å². The number of nitrogens with zero attached hydrogens (tertiary/aromatic N) is 1. The molecule has 5 nitrogen and oxygen atoms in total. The van der Waals surface area contributed by atoms with E-state index in [0.29, 0.717) is 24.4 Å². The van der Waals surface area contributed by atoms with Crippen molar-refractivity contribution in [1.29, 1.82) is 0 Å². The first-order chi connectivity index (χ1) is 10.2. The van der Waals surface area contributed by atoms with Crippen molar-refractivity contribution >= 4 is 11.6 Å². The molecule has 0 aliphatic carbocycles. The number of para-hydroxylation sites is 1. The number of rotatable bonds is 7. The van der Waals surface area contributed by atoms with Crippen LogP contribution in [0.3, 0.4) is 0 Å². The molecule has 0 saturated carbocycles. The fourth-order valence-corrected chi connectivity index (χ4v) is 2.04. The van der Waals surface area contributed by atoms with Crippen molar-refractivity contribution in [2.24, 2.45) is 5.73 Å². The molecule has 0 spiro atoms. The zero-order chi connectivity index (χ0) is 15.1. The lowest BCUT2D eigenvalue weighted by molar-refractivity contribution is 0.0953. The summed E-state index contributed by atoms with van der Waals surface area (Å²) in [6, 6.07) is 11.8. The van der Waals surface area contributed by atoms with Gasteiger partial charge >= 0.3 is 0 Å². The van der Waals surface area contributed by atoms with E-state index in [1.54, 1.807) is 6.07 Å². The van der Waals surface area contributed by atoms with E-state index in [2.05, 4.69) is 22.3 Å². The SMILES string of the molecule is CN(CCCNC(=O)c1coc(CN)c1)c1ccccc1. The Bertz CT molecular complexity index is 566. The Morgan fingerprint density at radius 1 is 1.33 bits per heavy atom. The number of furan rings is 1. The number of nitrogens with one attached hydrogen (secondary N) is 1. The van der Waals surface area contributed by atoms with Gasteiger partial charge in [-0.05, 0) is 24.6 Å². The van der Waals surface area contributed by atoms with Gasteiger partial charge in [-0.1, -0.05) is 18.2 Å². The quantitative estimate of drug-likeness (QED) is 0.764. The fraction of sp³-hybridized carbons (Fsp3) is 0.312. The van der Waals surface area contributed by atoms with Crippen LogP contribution in [-0.4, -0.2) is 26.0 Å². The monoisotopic (exact) mass is 287 g/mol. The maximum absolute atomic E-state index is 11.9. The number of benzene rings is 1. The molecule has 0 bridgehead atoms. The number of amides is 1. The van der Waals surface area contributed by atoms with Crippen molar-refractivity contribution in [1.82, 2.24) is 5.32 Å². The van der Waals surface area contributed by atoms with Gasteiger partial charge in [-0.2, -0.15) is 0 Å². The maximum Gasteiger partial charge on any atom is 0.254 e. The van der Waals surface area contributed by atoms with E-state index >= 15 is 0 Å². The summed E-state index contributed by atoms with van der Waals surface area (Å²) < 4.78 is 5.14. The molecule has 0 aliphatic heterocycles. The number of hydrogen-bond donors (Lipinski definition) is 2. The van der Waals surface area contributed by atoms with Crippen LogP contribution in [0.4, 0.5) is 5.69 Å². The smallest absolute Gasteiger partial charge is 0.254 e. The van der Waals surface area contributed by atoms with E-state index in [1.807, 2.05) is 25.2 Å². The number of hydrogen-bond acceptors (Lipinski definition) is 4. The molecule has 2 aromatic rings. The molecule has 0 atom stereocenters. The average molecular weight is 287 g/mol. The lowest BCUT2D eigenvalue weighted by Crippen LogP contribution is -2.27. The lowest BCUT2D eigenvalue weighted by Gasteiger charge is -2.19. The second kappa shape index (κ2) is 7.50. The number of nitrogens with two attached hydrogens (primary N) is 1. The summed E-state index contributed by atoms with van der Waals surface area (Å²) >= 11 is 0. The van der Waals surface area contributed by atoms with Crippen molar-refractivity contribution < 1.29 is 9.21 Å². The van der Waals surface area contributed by atoms with Crippen LogP contribution in [0.1, 0.15) is 22.5 Å². The molecule has 21 heavy (non-hydrogen) atoms. The highest BCUT2D eigenvalue weighted by atomic mass is 16.3. The predicted octanol–water partition coefficient (Wildman–Crippen LogP) is 1.99. The molecule has 0 radical (unpaired) electrons. The van der Waals surface area contributed by atoms with E-state index in [0.717, 1.165) is 13.0 Å². The second-order valence-corrected chi connectivity index (χ2v) is 4.87. The maximum atomic E-state index is 11.9. The summed E-state index contributed by atoms with van der Waals surface area (Å²) in [7, 11) is 2.04. The van der Waals surface area contributed by atoms with E-state index in [-0.39, 0.29) is 5.91 Å². The molecule has 5 heteroatoms. The summed E-state index contributed by atoms with van der Waals surface area (Å²) in [5.41, 5.74) is 7.14. The first kappa shape index (κ1) is 15.1. The van der Waals surface area contributed by atoms with Crippen LogP contribution in [0.25, 0.3) is 0 Å². The van der Waals surface area contributed by atoms with E-state index < -0.39 is 0 Å². The standard InChI is InChI=1S/C16H21N3O2/c1-19(14-6-3-2-4-7-14)9-5-8-18-16(20)13-10-15(11-17)21-12-13/h2-4,6-7,10,12H,5,8-9,11,17H2,1H3,(H,18,20). The van der Waals surface area contributed by atoms with Crippen LogP contribution in [0.2, 0.25) is 0 Å². The Hall–Kier alpha value is -2.27. The summed E-state index contributed by atoms with van der Waals surface area (Å²) in [4.78, 5) is 14.0. The number of carbonyl (C=O) groups is 1. The Morgan fingerprint density at radius 3 is 2.76 bits per heavy atom. The third-order valence-electron chi connectivity index (χ3n) is 3.27. The predicted molar refractivity (Wildman–Crippen MR) is 83.3 cm³/mol. The number of carbonyl (C=O) groups excluding carboxylic acids is 1. The Labute approximate surface area is 124 Å². The number of anilines is 1. The van der Waals surface area contributed by atoms with Gasteiger partial charge in [0, 0.05) is 25.8 Å². The second-order valence-electron chi connectivity index (χ2n) is 4.87. The molecule has 0 fully saturated rings. The molecule has 2 rings (SSSR count). The molecule has 112 valence electrons. The van der Waals surface area contributed by atoms with Crippen LogP contribution in [0.15, 0.2) is 47.1 Å². The Balaban J connectivity index is 1.71. The topological polar surface area (TPSA) is 71.5 Å². The molecule has 1 aromatic carbocycles. The van der Waals surface area contributed by atoms with E-state index in [9.17, 15) is 4.79 Å². The third kappa shape index (κ3) is 4.36. The largest absolute Gasteiger partial charge is 0.467 e. The van der Waals surface area contributed by atoms with Crippen molar-refractivity contribution in [3.05, 3.63) is 54.0 Å². The minimum Gasteiger partial charge on any atom is -0.467 e. The first-order valence-corrected chi connectivity index (χ1v) is 7.02. The molecule has 3 N–H and O–H groups in total. The van der Waals surface area contributed by atoms with Crippen LogP contribution in [0, 0.1) is 0 Å². The van der Waals surface area contributed by atoms with Gasteiger partial charge in [0.1, 0.15) is 12.0 Å². The van der Waals surface area contributed by atoms with Gasteiger partial charge < -0.3 is 20.4 Å².